The maximum absolute atomic E-state index is 13.0. The van der Waals surface area contributed by atoms with Crippen LogP contribution in [0.1, 0.15) is 21.6 Å². The van der Waals surface area contributed by atoms with Crippen molar-refractivity contribution in [3.63, 3.8) is 0 Å². The van der Waals surface area contributed by atoms with Gasteiger partial charge in [-0.25, -0.2) is 14.6 Å². The minimum absolute atomic E-state index is 0.160. The zero-order chi connectivity index (χ0) is 25.3. The van der Waals surface area contributed by atoms with Gasteiger partial charge in [0, 0.05) is 34.6 Å². The van der Waals surface area contributed by atoms with Crippen LogP contribution in [0.25, 0.3) is 27.8 Å². The van der Waals surface area contributed by atoms with Gasteiger partial charge in [-0.3, -0.25) is 4.79 Å². The van der Waals surface area contributed by atoms with Crippen molar-refractivity contribution in [2.45, 2.75) is 6.18 Å². The van der Waals surface area contributed by atoms with Gasteiger partial charge in [0.2, 0.25) is 0 Å². The van der Waals surface area contributed by atoms with E-state index in [2.05, 4.69) is 20.4 Å². The Bertz CT molecular complexity index is 1630. The molecule has 10 heteroatoms. The Hall–Kier alpha value is -5.04. The van der Waals surface area contributed by atoms with Crippen molar-refractivity contribution in [3.8, 4) is 23.0 Å². The number of pyridine rings is 2. The van der Waals surface area contributed by atoms with Crippen LogP contribution in [-0.4, -0.2) is 25.7 Å². The monoisotopic (exact) mass is 484 g/mol. The number of amides is 1. The predicted octanol–water partition coefficient (Wildman–Crippen LogP) is 5.63. The first-order valence-corrected chi connectivity index (χ1v) is 10.6. The van der Waals surface area contributed by atoms with Gasteiger partial charge in [-0.1, -0.05) is 18.2 Å². The maximum Gasteiger partial charge on any atom is 0.433 e. The van der Waals surface area contributed by atoms with E-state index in [1.165, 1.54) is 29.1 Å². The minimum Gasteiger partial charge on any atom is -0.322 e. The summed E-state index contributed by atoms with van der Waals surface area (Å²) in [5.74, 6) is 0.0143. The fourth-order valence-corrected chi connectivity index (χ4v) is 3.65. The van der Waals surface area contributed by atoms with Gasteiger partial charge in [-0.15, -0.1) is 0 Å². The van der Waals surface area contributed by atoms with Crippen LogP contribution in [0.15, 0.2) is 85.3 Å². The van der Waals surface area contributed by atoms with Gasteiger partial charge in [0.05, 0.1) is 23.3 Å². The largest absolute Gasteiger partial charge is 0.433 e. The standard InChI is InChI=1S/C26H15F3N6O/c27-26(28,29)23-9-8-21-22(34-23)10-11-31-24(21)35-15-19(14-32-35)17-4-6-20(7-5-17)33-25(36)18-3-1-2-16(12-18)13-30/h1-12,14-15H,(H,33,36). The number of halogens is 3. The first kappa shape index (κ1) is 22.7. The van der Waals surface area contributed by atoms with Crippen molar-refractivity contribution in [1.82, 2.24) is 19.7 Å². The lowest BCUT2D eigenvalue weighted by Crippen LogP contribution is -2.11. The Morgan fingerprint density at radius 2 is 1.81 bits per heavy atom. The number of hydrogen-bond donors (Lipinski definition) is 1. The molecule has 0 aliphatic carbocycles. The van der Waals surface area contributed by atoms with E-state index >= 15 is 0 Å². The van der Waals surface area contributed by atoms with E-state index in [1.807, 2.05) is 6.07 Å². The van der Waals surface area contributed by atoms with E-state index in [1.54, 1.807) is 54.9 Å². The Labute approximate surface area is 202 Å². The van der Waals surface area contributed by atoms with Crippen LogP contribution >= 0.6 is 0 Å². The number of rotatable bonds is 4. The number of nitrogens with one attached hydrogen (secondary N) is 1. The molecule has 5 rings (SSSR count). The second-order valence-corrected chi connectivity index (χ2v) is 7.79. The average molecular weight is 484 g/mol. The van der Waals surface area contributed by atoms with Crippen LogP contribution < -0.4 is 5.32 Å². The summed E-state index contributed by atoms with van der Waals surface area (Å²) < 4.78 is 40.5. The highest BCUT2D eigenvalue weighted by molar-refractivity contribution is 6.04. The molecule has 3 aromatic heterocycles. The van der Waals surface area contributed by atoms with Crippen LogP contribution in [0.4, 0.5) is 18.9 Å². The number of hydrogen-bond acceptors (Lipinski definition) is 5. The molecule has 0 unspecified atom stereocenters. The fourth-order valence-electron chi connectivity index (χ4n) is 3.65. The van der Waals surface area contributed by atoms with Crippen molar-refractivity contribution in [3.05, 3.63) is 102 Å². The van der Waals surface area contributed by atoms with Gasteiger partial charge in [-0.2, -0.15) is 23.5 Å². The summed E-state index contributed by atoms with van der Waals surface area (Å²) in [6.45, 7) is 0. The van der Waals surface area contributed by atoms with Gasteiger partial charge >= 0.3 is 6.18 Å². The summed E-state index contributed by atoms with van der Waals surface area (Å²) in [7, 11) is 0. The number of fused-ring (bicyclic) bond motifs is 1. The smallest absolute Gasteiger partial charge is 0.322 e. The van der Waals surface area contributed by atoms with E-state index in [0.29, 0.717) is 28.0 Å². The minimum atomic E-state index is -4.54. The Kier molecular flexibility index (Phi) is 5.66. The maximum atomic E-state index is 13.0. The molecule has 176 valence electrons. The lowest BCUT2D eigenvalue weighted by molar-refractivity contribution is -0.140. The van der Waals surface area contributed by atoms with Crippen LogP contribution in [0.3, 0.4) is 0 Å². The van der Waals surface area contributed by atoms with Crippen LogP contribution in [0.2, 0.25) is 0 Å². The highest BCUT2D eigenvalue weighted by Gasteiger charge is 2.32. The summed E-state index contributed by atoms with van der Waals surface area (Å²) in [5, 5.41) is 16.5. The highest BCUT2D eigenvalue weighted by Crippen LogP contribution is 2.30. The van der Waals surface area contributed by atoms with Crippen molar-refractivity contribution < 1.29 is 18.0 Å². The van der Waals surface area contributed by atoms with Gasteiger partial charge in [0.1, 0.15) is 5.69 Å². The molecule has 36 heavy (non-hydrogen) atoms. The molecular formula is C26H15F3N6O. The average Bonchev–Trinajstić information content (AvgIpc) is 3.38. The molecule has 0 fully saturated rings. The summed E-state index contributed by atoms with van der Waals surface area (Å²) in [4.78, 5) is 20.5. The molecule has 0 spiro atoms. The molecule has 0 saturated heterocycles. The Balaban J connectivity index is 1.37. The molecule has 7 nitrogen and oxygen atoms in total. The SMILES string of the molecule is N#Cc1cccc(C(=O)Nc2ccc(-c3cnn(-c4nccc5nc(C(F)(F)F)ccc45)c3)cc2)c1. The first-order valence-electron chi connectivity index (χ1n) is 10.6. The zero-order valence-corrected chi connectivity index (χ0v) is 18.4. The van der Waals surface area contributed by atoms with Crippen molar-refractivity contribution >= 4 is 22.5 Å². The third-order valence-electron chi connectivity index (χ3n) is 5.41. The van der Waals surface area contributed by atoms with Gasteiger partial charge < -0.3 is 5.32 Å². The number of nitriles is 1. The van der Waals surface area contributed by atoms with E-state index in [-0.39, 0.29) is 11.4 Å². The summed E-state index contributed by atoms with van der Waals surface area (Å²) in [5.41, 5.74) is 2.08. The third kappa shape index (κ3) is 4.50. The zero-order valence-electron chi connectivity index (χ0n) is 18.4. The number of anilines is 1. The second-order valence-electron chi connectivity index (χ2n) is 7.79. The highest BCUT2D eigenvalue weighted by atomic mass is 19.4. The summed E-state index contributed by atoms with van der Waals surface area (Å²) in [6, 6.07) is 19.1. The number of carbonyl (C=O) groups is 1. The molecule has 0 radical (unpaired) electrons. The molecule has 0 bridgehead atoms. The second kappa shape index (κ2) is 8.96. The van der Waals surface area contributed by atoms with Gasteiger partial charge in [0.25, 0.3) is 5.91 Å². The first-order chi connectivity index (χ1) is 17.3. The molecule has 0 aliphatic heterocycles. The number of alkyl halides is 3. The van der Waals surface area contributed by atoms with E-state index in [0.717, 1.165) is 17.2 Å². The van der Waals surface area contributed by atoms with Gasteiger partial charge in [-0.05, 0) is 54.1 Å². The van der Waals surface area contributed by atoms with Crippen LogP contribution in [-0.2, 0) is 6.18 Å². The van der Waals surface area contributed by atoms with Crippen LogP contribution in [0, 0.1) is 11.3 Å². The van der Waals surface area contributed by atoms with Gasteiger partial charge in [0.15, 0.2) is 5.82 Å². The molecule has 5 aromatic rings. The lowest BCUT2D eigenvalue weighted by atomic mass is 10.1. The number of nitrogens with zero attached hydrogens (tertiary/aromatic N) is 5. The Morgan fingerprint density at radius 1 is 1.00 bits per heavy atom. The molecule has 0 atom stereocenters. The Morgan fingerprint density at radius 3 is 2.56 bits per heavy atom. The molecule has 1 amide bonds. The van der Waals surface area contributed by atoms with E-state index in [4.69, 9.17) is 5.26 Å². The fraction of sp³-hybridized carbons (Fsp3) is 0.0385. The summed E-state index contributed by atoms with van der Waals surface area (Å²) in [6.07, 6.45) is 0.165. The topological polar surface area (TPSA) is 96.5 Å². The molecule has 1 N–H and O–H groups in total. The van der Waals surface area contributed by atoms with Crippen LogP contribution in [0.5, 0.6) is 0 Å². The molecule has 0 aliphatic rings. The normalized spacial score (nSPS) is 11.3. The van der Waals surface area contributed by atoms with Crippen molar-refractivity contribution in [2.75, 3.05) is 5.32 Å². The lowest BCUT2D eigenvalue weighted by Gasteiger charge is -2.09. The molecule has 0 saturated carbocycles. The quantitative estimate of drug-likeness (QED) is 0.357. The number of carbonyl (C=O) groups excluding carboxylic acids is 1. The molecule has 3 heterocycles. The van der Waals surface area contributed by atoms with E-state index < -0.39 is 11.9 Å². The predicted molar refractivity (Wildman–Crippen MR) is 126 cm³/mol. The van der Waals surface area contributed by atoms with Crippen molar-refractivity contribution in [1.29, 1.82) is 5.26 Å². The third-order valence-corrected chi connectivity index (χ3v) is 5.41. The number of benzene rings is 2. The van der Waals surface area contributed by atoms with E-state index in [9.17, 15) is 18.0 Å². The summed E-state index contributed by atoms with van der Waals surface area (Å²) >= 11 is 0. The number of aromatic nitrogens is 4. The van der Waals surface area contributed by atoms with Crippen molar-refractivity contribution in [2.24, 2.45) is 0 Å². The molecular weight excluding hydrogens is 469 g/mol. The molecule has 2 aromatic carbocycles.